The molecule has 2 aromatic rings. The molecule has 3 rings (SSSR count). The molecule has 1 aliphatic rings. The van der Waals surface area contributed by atoms with Crippen molar-refractivity contribution in [1.82, 2.24) is 14.9 Å². The topological polar surface area (TPSA) is 38.2 Å². The Labute approximate surface area is 166 Å². The highest BCUT2D eigenvalue weighted by atomic mass is 19.1. The minimum absolute atomic E-state index is 0.310. The van der Waals surface area contributed by atoms with E-state index in [1.165, 1.54) is 12.1 Å². The molecule has 0 aliphatic carbocycles. The lowest BCUT2D eigenvalue weighted by Gasteiger charge is -2.36. The fraction of sp³-hybridized carbons (Fsp3) is 0.545. The number of likely N-dealkylation sites (tertiary alicyclic amines) is 1. The van der Waals surface area contributed by atoms with Gasteiger partial charge in [-0.25, -0.2) is 18.7 Å². The molecule has 0 unspecified atom stereocenters. The zero-order valence-electron chi connectivity index (χ0n) is 16.7. The quantitative estimate of drug-likeness (QED) is 0.644. The second-order valence-corrected chi connectivity index (χ2v) is 7.64. The number of nitrogens with zero attached hydrogens (tertiary/aromatic N) is 3. The maximum Gasteiger partial charge on any atom is 0.159 e. The van der Waals surface area contributed by atoms with E-state index in [1.54, 1.807) is 24.5 Å². The van der Waals surface area contributed by atoms with Crippen LogP contribution in [0.2, 0.25) is 0 Å². The fourth-order valence-electron chi connectivity index (χ4n) is 3.57. The van der Waals surface area contributed by atoms with Crippen LogP contribution in [0.1, 0.15) is 39.5 Å². The summed E-state index contributed by atoms with van der Waals surface area (Å²) in [4.78, 5) is 10.8. The van der Waals surface area contributed by atoms with Crippen molar-refractivity contribution < 1.29 is 13.5 Å². The fourth-order valence-corrected chi connectivity index (χ4v) is 3.57. The second-order valence-electron chi connectivity index (χ2n) is 7.64. The molecule has 1 aromatic heterocycles. The lowest BCUT2D eigenvalue weighted by Crippen LogP contribution is -2.44. The number of rotatable bonds is 8. The highest BCUT2D eigenvalue weighted by molar-refractivity contribution is 5.54. The molecule has 28 heavy (non-hydrogen) atoms. The molecule has 1 fully saturated rings. The molecule has 0 saturated carbocycles. The maximum absolute atomic E-state index is 14.6. The van der Waals surface area contributed by atoms with Crippen molar-refractivity contribution in [3.05, 3.63) is 42.5 Å². The molecule has 1 saturated heterocycles. The smallest absolute Gasteiger partial charge is 0.159 e. The van der Waals surface area contributed by atoms with Gasteiger partial charge in [-0.2, -0.15) is 0 Å². The molecule has 2 heterocycles. The first-order valence-corrected chi connectivity index (χ1v) is 10.1. The van der Waals surface area contributed by atoms with Crippen LogP contribution in [0, 0.1) is 11.7 Å². The Morgan fingerprint density at radius 1 is 1.14 bits per heavy atom. The monoisotopic (exact) mass is 389 g/mol. The van der Waals surface area contributed by atoms with E-state index < -0.39 is 5.67 Å². The first-order valence-electron chi connectivity index (χ1n) is 10.1. The van der Waals surface area contributed by atoms with Crippen LogP contribution in [-0.2, 0) is 0 Å². The molecule has 0 radical (unpaired) electrons. The van der Waals surface area contributed by atoms with E-state index in [4.69, 9.17) is 4.74 Å². The van der Waals surface area contributed by atoms with Crippen molar-refractivity contribution in [2.75, 3.05) is 26.2 Å². The number of aromatic nitrogens is 2. The van der Waals surface area contributed by atoms with Gasteiger partial charge in [0.15, 0.2) is 11.6 Å². The van der Waals surface area contributed by atoms with Crippen LogP contribution in [0.4, 0.5) is 8.78 Å². The van der Waals surface area contributed by atoms with Crippen LogP contribution < -0.4 is 4.74 Å². The molecule has 0 amide bonds. The summed E-state index contributed by atoms with van der Waals surface area (Å²) in [5.74, 6) is 1.23. The van der Waals surface area contributed by atoms with E-state index in [9.17, 15) is 8.78 Å². The first-order chi connectivity index (χ1) is 13.5. The van der Waals surface area contributed by atoms with Gasteiger partial charge in [0.25, 0.3) is 0 Å². The third-order valence-corrected chi connectivity index (χ3v) is 5.68. The summed E-state index contributed by atoms with van der Waals surface area (Å²) in [6.07, 6.45) is 6.40. The van der Waals surface area contributed by atoms with Gasteiger partial charge in [0.2, 0.25) is 0 Å². The predicted molar refractivity (Wildman–Crippen MR) is 107 cm³/mol. The van der Waals surface area contributed by atoms with Gasteiger partial charge in [-0.05, 0) is 56.8 Å². The standard InChI is InChI=1S/C22H29F2N3O/c1-3-22(24,4-2)16-27-10-8-17(9-11-27)15-28-20-13-25-21(26-14-20)18-6-5-7-19(23)12-18/h5-7,12-14,17H,3-4,8-11,15-16H2,1-2H3. The van der Waals surface area contributed by atoms with Crippen molar-refractivity contribution in [2.45, 2.75) is 45.2 Å². The van der Waals surface area contributed by atoms with E-state index in [2.05, 4.69) is 14.9 Å². The summed E-state index contributed by atoms with van der Waals surface area (Å²) in [6.45, 7) is 6.81. The van der Waals surface area contributed by atoms with Crippen LogP contribution in [0.15, 0.2) is 36.7 Å². The largest absolute Gasteiger partial charge is 0.490 e. The van der Waals surface area contributed by atoms with Gasteiger partial charge < -0.3 is 9.64 Å². The average molecular weight is 389 g/mol. The van der Waals surface area contributed by atoms with E-state index in [0.29, 0.717) is 49.0 Å². The van der Waals surface area contributed by atoms with Crippen molar-refractivity contribution in [3.8, 4) is 17.1 Å². The molecule has 152 valence electrons. The zero-order chi connectivity index (χ0) is 20.0. The van der Waals surface area contributed by atoms with Gasteiger partial charge in [-0.1, -0.05) is 26.0 Å². The van der Waals surface area contributed by atoms with Crippen molar-refractivity contribution >= 4 is 0 Å². The van der Waals surface area contributed by atoms with Crippen molar-refractivity contribution in [3.63, 3.8) is 0 Å². The Morgan fingerprint density at radius 3 is 2.43 bits per heavy atom. The Morgan fingerprint density at radius 2 is 1.82 bits per heavy atom. The van der Waals surface area contributed by atoms with Gasteiger partial charge in [-0.3, -0.25) is 0 Å². The number of hydrogen-bond donors (Lipinski definition) is 0. The third kappa shape index (κ3) is 5.47. The van der Waals surface area contributed by atoms with Crippen molar-refractivity contribution in [2.24, 2.45) is 5.92 Å². The summed E-state index contributed by atoms with van der Waals surface area (Å²) < 4.78 is 33.7. The highest BCUT2D eigenvalue weighted by Crippen LogP contribution is 2.26. The Balaban J connectivity index is 1.45. The summed E-state index contributed by atoms with van der Waals surface area (Å²) >= 11 is 0. The molecule has 0 bridgehead atoms. The van der Waals surface area contributed by atoms with E-state index >= 15 is 0 Å². The molecule has 0 N–H and O–H groups in total. The minimum atomic E-state index is -1.07. The third-order valence-electron chi connectivity index (χ3n) is 5.68. The number of alkyl halides is 1. The summed E-state index contributed by atoms with van der Waals surface area (Å²) in [5, 5.41) is 0. The molecular weight excluding hydrogens is 360 g/mol. The molecular formula is C22H29F2N3O. The number of hydrogen-bond acceptors (Lipinski definition) is 4. The lowest BCUT2D eigenvalue weighted by molar-refractivity contribution is 0.0568. The Hall–Kier alpha value is -2.08. The van der Waals surface area contributed by atoms with Gasteiger partial charge in [-0.15, -0.1) is 0 Å². The minimum Gasteiger partial charge on any atom is -0.490 e. The van der Waals surface area contributed by atoms with Gasteiger partial charge in [0.1, 0.15) is 11.5 Å². The van der Waals surface area contributed by atoms with Gasteiger partial charge >= 0.3 is 0 Å². The van der Waals surface area contributed by atoms with E-state index in [0.717, 1.165) is 25.9 Å². The molecule has 1 aliphatic heterocycles. The highest BCUT2D eigenvalue weighted by Gasteiger charge is 2.30. The second kappa shape index (κ2) is 9.41. The first kappa shape index (κ1) is 20.6. The Bertz CT molecular complexity index is 742. The zero-order valence-corrected chi connectivity index (χ0v) is 16.7. The van der Waals surface area contributed by atoms with Crippen LogP contribution in [0.25, 0.3) is 11.4 Å². The number of benzene rings is 1. The van der Waals surface area contributed by atoms with Gasteiger partial charge in [0.05, 0.1) is 19.0 Å². The molecule has 1 aromatic carbocycles. The van der Waals surface area contributed by atoms with Crippen LogP contribution in [0.5, 0.6) is 5.75 Å². The number of piperidine rings is 1. The number of ether oxygens (including phenoxy) is 1. The molecule has 0 atom stereocenters. The molecule has 4 nitrogen and oxygen atoms in total. The van der Waals surface area contributed by atoms with E-state index in [1.807, 2.05) is 13.8 Å². The Kier molecular flexibility index (Phi) is 6.94. The number of halogens is 2. The van der Waals surface area contributed by atoms with Crippen LogP contribution in [-0.4, -0.2) is 46.8 Å². The molecule has 0 spiro atoms. The summed E-state index contributed by atoms with van der Waals surface area (Å²) in [6, 6.07) is 6.21. The summed E-state index contributed by atoms with van der Waals surface area (Å²) in [7, 11) is 0. The SMILES string of the molecule is CCC(F)(CC)CN1CCC(COc2cnc(-c3cccc(F)c3)nc2)CC1. The predicted octanol–water partition coefficient (Wildman–Crippen LogP) is 4.90. The normalized spacial score (nSPS) is 16.3. The molecule has 6 heteroatoms. The summed E-state index contributed by atoms with van der Waals surface area (Å²) in [5.41, 5.74) is -0.425. The average Bonchev–Trinajstić information content (AvgIpc) is 2.73. The lowest BCUT2D eigenvalue weighted by atomic mass is 9.94. The maximum atomic E-state index is 14.6. The van der Waals surface area contributed by atoms with Crippen molar-refractivity contribution in [1.29, 1.82) is 0 Å². The van der Waals surface area contributed by atoms with Gasteiger partial charge in [0, 0.05) is 12.1 Å². The van der Waals surface area contributed by atoms with Crippen LogP contribution in [0.3, 0.4) is 0 Å². The van der Waals surface area contributed by atoms with E-state index in [-0.39, 0.29) is 5.82 Å². The van der Waals surface area contributed by atoms with Crippen LogP contribution >= 0.6 is 0 Å².